The zero-order chi connectivity index (χ0) is 21.3. The molecule has 0 heterocycles. The second-order valence-corrected chi connectivity index (χ2v) is 6.91. The molecule has 29 heavy (non-hydrogen) atoms. The first-order valence-corrected chi connectivity index (χ1v) is 8.59. The fourth-order valence-electron chi connectivity index (χ4n) is 3.02. The van der Waals surface area contributed by atoms with E-state index in [1.807, 2.05) is 44.2 Å². The average molecular weight is 405 g/mol. The molecule has 3 aromatic carbocycles. The van der Waals surface area contributed by atoms with Crippen molar-refractivity contribution >= 4 is 11.9 Å². The normalized spacial score (nSPS) is 12.0. The van der Waals surface area contributed by atoms with Gasteiger partial charge in [-0.3, -0.25) is 0 Å². The molecule has 150 valence electrons. The fraction of sp³-hybridized carbons (Fsp3) is 0.136. The van der Waals surface area contributed by atoms with Gasteiger partial charge in [-0.05, 0) is 11.6 Å². The molecule has 3 rings (SSSR count). The van der Waals surface area contributed by atoms with E-state index < -0.39 is 40.2 Å². The third-order valence-corrected chi connectivity index (χ3v) is 4.76. The van der Waals surface area contributed by atoms with Gasteiger partial charge in [-0.25, -0.2) is 26.9 Å². The Labute approximate surface area is 164 Å². The smallest absolute Gasteiger partial charge is 0.200 e. The minimum atomic E-state index is -2.26. The Kier molecular flexibility index (Phi) is 5.42. The van der Waals surface area contributed by atoms with E-state index in [0.29, 0.717) is 5.56 Å². The lowest BCUT2D eigenvalue weighted by molar-refractivity contribution is 0.381. The molecule has 0 saturated heterocycles. The van der Waals surface area contributed by atoms with Crippen molar-refractivity contribution in [2.24, 2.45) is 4.99 Å². The number of aliphatic imine (C=N–C) groups is 1. The number of phenols is 1. The van der Waals surface area contributed by atoms with Gasteiger partial charge in [0.2, 0.25) is 5.82 Å². The van der Waals surface area contributed by atoms with Gasteiger partial charge in [0.15, 0.2) is 23.3 Å². The molecule has 0 fully saturated rings. The largest absolute Gasteiger partial charge is 0.507 e. The van der Waals surface area contributed by atoms with Crippen LogP contribution in [0.25, 0.3) is 0 Å². The molecule has 0 spiro atoms. The lowest BCUT2D eigenvalue weighted by Gasteiger charge is -2.27. The van der Waals surface area contributed by atoms with E-state index in [1.54, 1.807) is 12.1 Å². The first-order valence-electron chi connectivity index (χ1n) is 8.59. The summed E-state index contributed by atoms with van der Waals surface area (Å²) in [6, 6.07) is 14.0. The van der Waals surface area contributed by atoms with Crippen LogP contribution < -0.4 is 0 Å². The molecule has 0 unspecified atom stereocenters. The van der Waals surface area contributed by atoms with Crippen LogP contribution in [0.15, 0.2) is 53.5 Å². The second kappa shape index (κ2) is 7.66. The number of hydrogen-bond acceptors (Lipinski definition) is 2. The Balaban J connectivity index is 2.07. The number of halogens is 5. The van der Waals surface area contributed by atoms with Crippen LogP contribution in [0.1, 0.15) is 30.5 Å². The molecule has 0 amide bonds. The Morgan fingerprint density at radius 2 is 1.31 bits per heavy atom. The van der Waals surface area contributed by atoms with Crippen molar-refractivity contribution in [1.82, 2.24) is 0 Å². The summed E-state index contributed by atoms with van der Waals surface area (Å²) in [5, 5.41) is 10.7. The van der Waals surface area contributed by atoms with Crippen LogP contribution >= 0.6 is 0 Å². The summed E-state index contributed by atoms with van der Waals surface area (Å²) in [7, 11) is 0. The molecular weight excluding hydrogens is 389 g/mol. The standard InChI is InChI=1S/C22H16F5NO/c1-22(2,13-8-4-3-5-9-13)14-10-6-7-12(21(14)29)11-28-20-18(26)16(24)15(23)17(25)19(20)27/h3-11,29H,1-2H3. The molecule has 1 N–H and O–H groups in total. The van der Waals surface area contributed by atoms with Crippen LogP contribution in [0.4, 0.5) is 27.6 Å². The Bertz CT molecular complexity index is 1070. The van der Waals surface area contributed by atoms with Crippen molar-refractivity contribution in [2.75, 3.05) is 0 Å². The molecule has 3 aromatic rings. The number of rotatable bonds is 4. The SMILES string of the molecule is CC(C)(c1ccccc1)c1cccc(C=Nc2c(F)c(F)c(F)c(F)c2F)c1O. The molecule has 0 aromatic heterocycles. The molecule has 0 aliphatic heterocycles. The molecular formula is C22H16F5NO. The van der Waals surface area contributed by atoms with Gasteiger partial charge in [0, 0.05) is 22.8 Å². The summed E-state index contributed by atoms with van der Waals surface area (Å²) >= 11 is 0. The van der Waals surface area contributed by atoms with Gasteiger partial charge in [-0.2, -0.15) is 0 Å². The number of para-hydroxylation sites is 1. The van der Waals surface area contributed by atoms with E-state index in [0.717, 1.165) is 11.8 Å². The molecule has 0 aliphatic carbocycles. The van der Waals surface area contributed by atoms with Gasteiger partial charge in [-0.1, -0.05) is 56.3 Å². The van der Waals surface area contributed by atoms with E-state index >= 15 is 0 Å². The van der Waals surface area contributed by atoms with Gasteiger partial charge < -0.3 is 5.11 Å². The number of phenolic OH excluding ortho intramolecular Hbond substituents is 1. The molecule has 0 saturated carbocycles. The summed E-state index contributed by atoms with van der Waals surface area (Å²) in [6.07, 6.45) is 0.859. The van der Waals surface area contributed by atoms with Crippen LogP contribution in [0.5, 0.6) is 5.75 Å². The zero-order valence-electron chi connectivity index (χ0n) is 15.5. The molecule has 0 radical (unpaired) electrons. The minimum absolute atomic E-state index is 0.0652. The maximum absolute atomic E-state index is 13.8. The average Bonchev–Trinajstić information content (AvgIpc) is 2.72. The summed E-state index contributed by atoms with van der Waals surface area (Å²) in [4.78, 5) is 3.41. The fourth-order valence-corrected chi connectivity index (χ4v) is 3.02. The zero-order valence-corrected chi connectivity index (χ0v) is 15.5. The molecule has 7 heteroatoms. The van der Waals surface area contributed by atoms with Crippen LogP contribution in [0.2, 0.25) is 0 Å². The number of nitrogens with zero attached hydrogens (tertiary/aromatic N) is 1. The predicted octanol–water partition coefficient (Wildman–Crippen LogP) is 6.16. The maximum Gasteiger partial charge on any atom is 0.200 e. The summed E-state index contributed by atoms with van der Waals surface area (Å²) in [6.45, 7) is 3.75. The van der Waals surface area contributed by atoms with E-state index in [4.69, 9.17) is 0 Å². The highest BCUT2D eigenvalue weighted by Crippen LogP contribution is 2.38. The van der Waals surface area contributed by atoms with E-state index in [2.05, 4.69) is 4.99 Å². The van der Waals surface area contributed by atoms with Crippen molar-refractivity contribution in [3.63, 3.8) is 0 Å². The van der Waals surface area contributed by atoms with Gasteiger partial charge in [-0.15, -0.1) is 0 Å². The van der Waals surface area contributed by atoms with Crippen molar-refractivity contribution < 1.29 is 27.1 Å². The highest BCUT2D eigenvalue weighted by atomic mass is 19.2. The minimum Gasteiger partial charge on any atom is -0.507 e. The third-order valence-electron chi connectivity index (χ3n) is 4.76. The monoisotopic (exact) mass is 405 g/mol. The lowest BCUT2D eigenvalue weighted by Crippen LogP contribution is -2.19. The lowest BCUT2D eigenvalue weighted by atomic mass is 9.77. The molecule has 0 atom stereocenters. The molecule has 0 aliphatic rings. The van der Waals surface area contributed by atoms with Crippen LogP contribution in [0, 0.1) is 29.1 Å². The van der Waals surface area contributed by atoms with Crippen molar-refractivity contribution in [3.8, 4) is 5.75 Å². The number of hydrogen-bond donors (Lipinski definition) is 1. The van der Waals surface area contributed by atoms with Gasteiger partial charge in [0.1, 0.15) is 11.4 Å². The first kappa shape index (κ1) is 20.5. The second-order valence-electron chi connectivity index (χ2n) is 6.91. The first-order chi connectivity index (χ1) is 13.7. The van der Waals surface area contributed by atoms with Crippen LogP contribution in [-0.2, 0) is 5.41 Å². The van der Waals surface area contributed by atoms with Crippen molar-refractivity contribution in [3.05, 3.63) is 94.3 Å². The van der Waals surface area contributed by atoms with E-state index in [-0.39, 0.29) is 11.3 Å². The van der Waals surface area contributed by atoms with E-state index in [1.165, 1.54) is 6.07 Å². The van der Waals surface area contributed by atoms with Crippen LogP contribution in [-0.4, -0.2) is 11.3 Å². The van der Waals surface area contributed by atoms with Gasteiger partial charge in [0.25, 0.3) is 0 Å². The highest BCUT2D eigenvalue weighted by Gasteiger charge is 2.28. The summed E-state index contributed by atoms with van der Waals surface area (Å²) in [5.41, 5.74) is -0.474. The van der Waals surface area contributed by atoms with Crippen molar-refractivity contribution in [2.45, 2.75) is 19.3 Å². The van der Waals surface area contributed by atoms with Crippen LogP contribution in [0.3, 0.4) is 0 Å². The Morgan fingerprint density at radius 1 is 0.759 bits per heavy atom. The van der Waals surface area contributed by atoms with E-state index in [9.17, 15) is 27.1 Å². The summed E-state index contributed by atoms with van der Waals surface area (Å²) in [5.74, 6) is -10.7. The van der Waals surface area contributed by atoms with Gasteiger partial charge >= 0.3 is 0 Å². The molecule has 2 nitrogen and oxygen atoms in total. The summed E-state index contributed by atoms with van der Waals surface area (Å²) < 4.78 is 67.4. The number of aromatic hydroxyl groups is 1. The Hall–Kier alpha value is -3.22. The van der Waals surface area contributed by atoms with Gasteiger partial charge in [0.05, 0.1) is 0 Å². The quantitative estimate of drug-likeness (QED) is 0.240. The highest BCUT2D eigenvalue weighted by molar-refractivity contribution is 5.86. The van der Waals surface area contributed by atoms with Crippen molar-refractivity contribution in [1.29, 1.82) is 0 Å². The predicted molar refractivity (Wildman–Crippen MR) is 100 cm³/mol. The molecule has 0 bridgehead atoms. The number of benzene rings is 3. The maximum atomic E-state index is 13.8. The topological polar surface area (TPSA) is 32.6 Å². The Morgan fingerprint density at radius 3 is 1.90 bits per heavy atom. The third kappa shape index (κ3) is 3.60.